The highest BCUT2D eigenvalue weighted by Gasteiger charge is 2.31. The molecule has 7 nitrogen and oxygen atoms in total. The highest BCUT2D eigenvalue weighted by molar-refractivity contribution is 7.89. The Balaban J connectivity index is 2.26. The third-order valence-electron chi connectivity index (χ3n) is 3.02. The van der Waals surface area contributed by atoms with Crippen molar-refractivity contribution in [3.05, 3.63) is 6.20 Å². The maximum atomic E-state index is 12.4. The Hall–Kier alpha value is -1.12. The van der Waals surface area contributed by atoms with Crippen LogP contribution >= 0.6 is 0 Å². The van der Waals surface area contributed by atoms with E-state index >= 15 is 0 Å². The van der Waals surface area contributed by atoms with Gasteiger partial charge in [0.2, 0.25) is 10.0 Å². The second-order valence-electron chi connectivity index (χ2n) is 4.27. The molecule has 0 amide bonds. The van der Waals surface area contributed by atoms with Crippen molar-refractivity contribution >= 4 is 15.8 Å². The number of hydrogen-bond donors (Lipinski definition) is 2. The van der Waals surface area contributed by atoms with Crippen molar-refractivity contribution in [2.75, 3.05) is 25.4 Å². The molecule has 1 atom stereocenters. The van der Waals surface area contributed by atoms with Crippen LogP contribution in [0.5, 0.6) is 0 Å². The summed E-state index contributed by atoms with van der Waals surface area (Å²) >= 11 is 0. The van der Waals surface area contributed by atoms with Crippen molar-refractivity contribution in [3.63, 3.8) is 0 Å². The summed E-state index contributed by atoms with van der Waals surface area (Å²) in [4.78, 5) is 0.0410. The molecular weight excluding hydrogens is 256 g/mol. The molecule has 1 aliphatic heterocycles. The zero-order valence-corrected chi connectivity index (χ0v) is 11.1. The van der Waals surface area contributed by atoms with Gasteiger partial charge in [-0.3, -0.25) is 5.10 Å². The molecule has 102 valence electrons. The minimum atomic E-state index is -3.58. The van der Waals surface area contributed by atoms with Crippen LogP contribution in [-0.2, 0) is 14.8 Å². The van der Waals surface area contributed by atoms with Gasteiger partial charge in [-0.05, 0) is 12.8 Å². The van der Waals surface area contributed by atoms with Gasteiger partial charge >= 0.3 is 0 Å². The monoisotopic (exact) mass is 274 g/mol. The van der Waals surface area contributed by atoms with Gasteiger partial charge in [0.1, 0.15) is 10.7 Å². The number of nitrogens with zero attached hydrogens (tertiary/aromatic N) is 2. The topological polar surface area (TPSA) is 101 Å². The summed E-state index contributed by atoms with van der Waals surface area (Å²) in [7, 11) is -3.58. The number of nitrogen functional groups attached to an aromatic ring is 1. The number of aromatic amines is 1. The van der Waals surface area contributed by atoms with E-state index in [0.29, 0.717) is 26.1 Å². The number of sulfonamides is 1. The summed E-state index contributed by atoms with van der Waals surface area (Å²) < 4.78 is 31.8. The number of nitrogens with two attached hydrogens (primary N) is 1. The molecule has 0 aliphatic carbocycles. The minimum Gasteiger partial charge on any atom is -0.383 e. The van der Waals surface area contributed by atoms with Crippen LogP contribution in [0.15, 0.2) is 11.1 Å². The number of rotatable bonds is 3. The molecule has 18 heavy (non-hydrogen) atoms. The van der Waals surface area contributed by atoms with Gasteiger partial charge in [-0.15, -0.1) is 0 Å². The van der Waals surface area contributed by atoms with E-state index in [0.717, 1.165) is 6.42 Å². The van der Waals surface area contributed by atoms with Crippen LogP contribution in [0, 0.1) is 0 Å². The molecule has 2 heterocycles. The third-order valence-corrected chi connectivity index (χ3v) is 4.91. The fourth-order valence-electron chi connectivity index (χ4n) is 1.96. The molecule has 2 rings (SSSR count). The Morgan fingerprint density at radius 1 is 1.67 bits per heavy atom. The van der Waals surface area contributed by atoms with Crippen LogP contribution in [0.4, 0.5) is 5.82 Å². The van der Waals surface area contributed by atoms with Crippen LogP contribution in [0.25, 0.3) is 0 Å². The molecule has 0 spiro atoms. The first-order valence-corrected chi connectivity index (χ1v) is 7.40. The number of H-pyrrole nitrogens is 1. The fraction of sp³-hybridized carbons (Fsp3) is 0.700. The van der Waals surface area contributed by atoms with E-state index in [2.05, 4.69) is 10.2 Å². The summed E-state index contributed by atoms with van der Waals surface area (Å²) in [6, 6.07) is 0. The van der Waals surface area contributed by atoms with Gasteiger partial charge in [0.05, 0.1) is 12.3 Å². The summed E-state index contributed by atoms with van der Waals surface area (Å²) in [5.41, 5.74) is 5.58. The van der Waals surface area contributed by atoms with Gasteiger partial charge in [0, 0.05) is 19.7 Å². The Morgan fingerprint density at radius 2 is 2.44 bits per heavy atom. The maximum Gasteiger partial charge on any atom is 0.248 e. The van der Waals surface area contributed by atoms with E-state index < -0.39 is 10.0 Å². The average Bonchev–Trinajstić information content (AvgIpc) is 2.65. The normalized spacial score (nSPS) is 22.8. The standard InChI is InChI=1S/C10H18N4O3S/c1-2-8-7-14(4-3-5-17-8)18(15,16)9-6-12-13-10(9)11/h6,8H,2-5,7H2,1H3,(H3,11,12,13). The molecule has 1 fully saturated rings. The van der Waals surface area contributed by atoms with Gasteiger partial charge < -0.3 is 10.5 Å². The number of ether oxygens (including phenoxy) is 1. The SMILES string of the molecule is CCC1CN(S(=O)(=O)c2cn[nH]c2N)CCCO1. The maximum absolute atomic E-state index is 12.4. The second-order valence-corrected chi connectivity index (χ2v) is 6.17. The fourth-order valence-corrected chi connectivity index (χ4v) is 3.48. The summed E-state index contributed by atoms with van der Waals surface area (Å²) in [5, 5.41) is 6.10. The summed E-state index contributed by atoms with van der Waals surface area (Å²) in [6.45, 7) is 3.38. The van der Waals surface area contributed by atoms with Gasteiger partial charge in [-0.2, -0.15) is 9.40 Å². The van der Waals surface area contributed by atoms with Crippen LogP contribution in [0.3, 0.4) is 0 Å². The predicted molar refractivity (Wildman–Crippen MR) is 66.4 cm³/mol. The number of anilines is 1. The van der Waals surface area contributed by atoms with E-state index in [-0.39, 0.29) is 16.8 Å². The highest BCUT2D eigenvalue weighted by atomic mass is 32.2. The Bertz CT molecular complexity index is 499. The van der Waals surface area contributed by atoms with E-state index in [1.54, 1.807) is 0 Å². The predicted octanol–water partition coefficient (Wildman–Crippen LogP) is 0.182. The van der Waals surface area contributed by atoms with Crippen molar-refractivity contribution in [2.45, 2.75) is 30.8 Å². The summed E-state index contributed by atoms with van der Waals surface area (Å²) in [5.74, 6) is 0.0770. The van der Waals surface area contributed by atoms with Crippen molar-refractivity contribution < 1.29 is 13.2 Å². The molecule has 0 aromatic carbocycles. The smallest absolute Gasteiger partial charge is 0.248 e. The lowest BCUT2D eigenvalue weighted by Crippen LogP contribution is -2.36. The molecule has 0 radical (unpaired) electrons. The number of nitrogens with one attached hydrogen (secondary N) is 1. The molecule has 1 aliphatic rings. The van der Waals surface area contributed by atoms with E-state index in [1.165, 1.54) is 10.5 Å². The van der Waals surface area contributed by atoms with Gasteiger partial charge in [-0.1, -0.05) is 6.92 Å². The molecular formula is C10H18N4O3S. The first-order valence-electron chi connectivity index (χ1n) is 5.96. The third kappa shape index (κ3) is 2.50. The van der Waals surface area contributed by atoms with Gasteiger partial charge in [-0.25, -0.2) is 8.42 Å². The van der Waals surface area contributed by atoms with E-state index in [1.807, 2.05) is 6.92 Å². The lowest BCUT2D eigenvalue weighted by atomic mass is 10.3. The number of hydrogen-bond acceptors (Lipinski definition) is 5. The van der Waals surface area contributed by atoms with Crippen molar-refractivity contribution in [1.29, 1.82) is 0 Å². The van der Waals surface area contributed by atoms with E-state index in [4.69, 9.17) is 10.5 Å². The van der Waals surface area contributed by atoms with E-state index in [9.17, 15) is 8.42 Å². The molecule has 3 N–H and O–H groups in total. The largest absolute Gasteiger partial charge is 0.383 e. The molecule has 1 aromatic heterocycles. The van der Waals surface area contributed by atoms with Crippen molar-refractivity contribution in [3.8, 4) is 0 Å². The first kappa shape index (κ1) is 13.3. The molecule has 8 heteroatoms. The average molecular weight is 274 g/mol. The highest BCUT2D eigenvalue weighted by Crippen LogP contribution is 2.22. The summed E-state index contributed by atoms with van der Waals surface area (Å²) in [6.07, 6.45) is 2.66. The first-order chi connectivity index (χ1) is 8.55. The molecule has 1 aromatic rings. The number of aromatic nitrogens is 2. The van der Waals surface area contributed by atoms with Crippen LogP contribution in [0.2, 0.25) is 0 Å². The zero-order chi connectivity index (χ0) is 13.2. The minimum absolute atomic E-state index is 0.0410. The van der Waals surface area contributed by atoms with Gasteiger partial charge in [0.15, 0.2) is 0 Å². The van der Waals surface area contributed by atoms with Gasteiger partial charge in [0.25, 0.3) is 0 Å². The van der Waals surface area contributed by atoms with Crippen LogP contribution in [0.1, 0.15) is 19.8 Å². The Labute approximate surface area is 106 Å². The Kier molecular flexibility index (Phi) is 3.88. The molecule has 0 saturated carbocycles. The van der Waals surface area contributed by atoms with Crippen LogP contribution in [-0.4, -0.2) is 48.7 Å². The van der Waals surface area contributed by atoms with Crippen molar-refractivity contribution in [1.82, 2.24) is 14.5 Å². The molecule has 1 saturated heterocycles. The Morgan fingerprint density at radius 3 is 3.06 bits per heavy atom. The van der Waals surface area contributed by atoms with Crippen molar-refractivity contribution in [2.24, 2.45) is 0 Å². The lowest BCUT2D eigenvalue weighted by Gasteiger charge is -2.22. The molecule has 1 unspecified atom stereocenters. The van der Waals surface area contributed by atoms with Crippen LogP contribution < -0.4 is 5.73 Å². The quantitative estimate of drug-likeness (QED) is 0.819. The molecule has 0 bridgehead atoms. The zero-order valence-electron chi connectivity index (χ0n) is 10.3. The second kappa shape index (κ2) is 5.25. The lowest BCUT2D eigenvalue weighted by molar-refractivity contribution is 0.0593.